The molecule has 0 amide bonds. The number of alkyl halides is 3. The number of aromatic nitrogens is 2. The molecule has 2 aromatic heterocycles. The van der Waals surface area contributed by atoms with Crippen LogP contribution in [-0.4, -0.2) is 35.3 Å². The standard InChI is InChI=1S/C24H19F4N3O5S/c1-13(31-37(34,35)23-9-14-8-16(25)3-7-22(14)36-23)20(32)6-4-17-11-19(30-12-29-17)18-5-2-15(10-21(18)33)24(26,27)28/h2-3,5,7-13,31,33H,4,6H2,1H3. The van der Waals surface area contributed by atoms with Crippen LogP contribution in [0.4, 0.5) is 17.6 Å². The average Bonchev–Trinajstić information content (AvgIpc) is 3.26. The zero-order chi connectivity index (χ0) is 27.0. The number of phenolic OH excluding ortho intramolecular Hbond substituents is 1. The lowest BCUT2D eigenvalue weighted by Gasteiger charge is -2.12. The molecular formula is C24H19F4N3O5S. The molecule has 1 unspecified atom stereocenters. The van der Waals surface area contributed by atoms with Crippen molar-refractivity contribution in [3.8, 4) is 17.0 Å². The summed E-state index contributed by atoms with van der Waals surface area (Å²) in [5, 5.41) is 9.83. The molecule has 0 aliphatic rings. The molecule has 0 saturated carbocycles. The van der Waals surface area contributed by atoms with Crippen molar-refractivity contribution in [3.63, 3.8) is 0 Å². The van der Waals surface area contributed by atoms with Gasteiger partial charge in [0.2, 0.25) is 5.09 Å². The van der Waals surface area contributed by atoms with E-state index < -0.39 is 50.2 Å². The highest BCUT2D eigenvalue weighted by atomic mass is 32.2. The first kappa shape index (κ1) is 26.2. The van der Waals surface area contributed by atoms with Gasteiger partial charge >= 0.3 is 6.18 Å². The Hall–Kier alpha value is -3.84. The number of phenols is 1. The zero-order valence-corrected chi connectivity index (χ0v) is 19.9. The number of nitrogens with one attached hydrogen (secondary N) is 1. The molecule has 0 saturated heterocycles. The molecule has 8 nitrogen and oxygen atoms in total. The Bertz CT molecular complexity index is 1590. The number of aromatic hydroxyl groups is 1. The van der Waals surface area contributed by atoms with E-state index in [1.165, 1.54) is 19.1 Å². The molecule has 2 aromatic carbocycles. The Morgan fingerprint density at radius 2 is 1.86 bits per heavy atom. The van der Waals surface area contributed by atoms with Crippen molar-refractivity contribution in [3.05, 3.63) is 71.9 Å². The second-order valence-electron chi connectivity index (χ2n) is 8.18. The number of rotatable bonds is 8. The summed E-state index contributed by atoms with van der Waals surface area (Å²) in [7, 11) is -4.22. The van der Waals surface area contributed by atoms with E-state index in [1.807, 2.05) is 0 Å². The monoisotopic (exact) mass is 537 g/mol. The number of carbonyl (C=O) groups excluding carboxylic acids is 1. The fraction of sp³-hybridized carbons (Fsp3) is 0.208. The van der Waals surface area contributed by atoms with Crippen LogP contribution < -0.4 is 4.72 Å². The number of hydrogen-bond donors (Lipinski definition) is 2. The Labute approximate surface area is 208 Å². The number of nitrogens with zero attached hydrogens (tertiary/aromatic N) is 2. The van der Waals surface area contributed by atoms with Gasteiger partial charge in [0.15, 0.2) is 5.78 Å². The Morgan fingerprint density at radius 1 is 1.11 bits per heavy atom. The molecule has 194 valence electrons. The fourth-order valence-electron chi connectivity index (χ4n) is 3.55. The van der Waals surface area contributed by atoms with E-state index in [2.05, 4.69) is 14.7 Å². The van der Waals surface area contributed by atoms with Crippen molar-refractivity contribution in [1.29, 1.82) is 0 Å². The van der Waals surface area contributed by atoms with Gasteiger partial charge in [-0.05, 0) is 55.8 Å². The summed E-state index contributed by atoms with van der Waals surface area (Å²) in [4.78, 5) is 20.6. The van der Waals surface area contributed by atoms with E-state index in [-0.39, 0.29) is 35.1 Å². The summed E-state index contributed by atoms with van der Waals surface area (Å²) in [6, 6.07) is 7.45. The maximum absolute atomic E-state index is 13.4. The highest BCUT2D eigenvalue weighted by Gasteiger charge is 2.31. The predicted octanol–water partition coefficient (Wildman–Crippen LogP) is 4.62. The minimum Gasteiger partial charge on any atom is -0.507 e. The molecule has 0 bridgehead atoms. The van der Waals surface area contributed by atoms with Gasteiger partial charge in [-0.15, -0.1) is 0 Å². The first-order chi connectivity index (χ1) is 17.3. The number of hydrogen-bond acceptors (Lipinski definition) is 7. The number of ketones is 1. The van der Waals surface area contributed by atoms with E-state index in [0.29, 0.717) is 11.8 Å². The zero-order valence-electron chi connectivity index (χ0n) is 19.1. The number of fused-ring (bicyclic) bond motifs is 1. The lowest BCUT2D eigenvalue weighted by atomic mass is 10.0. The Balaban J connectivity index is 1.42. The number of halogens is 4. The molecule has 0 aliphatic carbocycles. The maximum atomic E-state index is 13.4. The summed E-state index contributed by atoms with van der Waals surface area (Å²) in [6.45, 7) is 1.36. The fourth-order valence-corrected chi connectivity index (χ4v) is 4.75. The van der Waals surface area contributed by atoms with Crippen LogP contribution in [0.5, 0.6) is 5.75 Å². The van der Waals surface area contributed by atoms with E-state index in [1.54, 1.807) is 0 Å². The van der Waals surface area contributed by atoms with Crippen molar-refractivity contribution in [1.82, 2.24) is 14.7 Å². The van der Waals surface area contributed by atoms with Gasteiger partial charge in [-0.2, -0.15) is 17.9 Å². The van der Waals surface area contributed by atoms with Crippen molar-refractivity contribution in [2.45, 2.75) is 37.1 Å². The van der Waals surface area contributed by atoms with Gasteiger partial charge in [0, 0.05) is 29.1 Å². The maximum Gasteiger partial charge on any atom is 0.416 e. The van der Waals surface area contributed by atoms with Crippen LogP contribution >= 0.6 is 0 Å². The minimum atomic E-state index is -4.62. The molecule has 1 atom stereocenters. The van der Waals surface area contributed by atoms with E-state index in [4.69, 9.17) is 4.42 Å². The molecule has 0 fully saturated rings. The molecule has 13 heteroatoms. The van der Waals surface area contributed by atoms with Gasteiger partial charge < -0.3 is 9.52 Å². The Kier molecular flexibility index (Phi) is 7.02. The van der Waals surface area contributed by atoms with Crippen LogP contribution in [0.2, 0.25) is 0 Å². The molecule has 2 heterocycles. The van der Waals surface area contributed by atoms with Crippen LogP contribution in [0.15, 0.2) is 64.4 Å². The van der Waals surface area contributed by atoms with E-state index >= 15 is 0 Å². The SMILES string of the molecule is CC(NS(=O)(=O)c1cc2cc(F)ccc2o1)C(=O)CCc1cc(-c2ccc(C(F)(F)F)cc2O)ncn1. The van der Waals surface area contributed by atoms with E-state index in [0.717, 1.165) is 36.7 Å². The Morgan fingerprint density at radius 3 is 2.57 bits per heavy atom. The van der Waals surface area contributed by atoms with Gasteiger partial charge in [-0.3, -0.25) is 4.79 Å². The third-order valence-corrected chi connectivity index (χ3v) is 6.88. The summed E-state index contributed by atoms with van der Waals surface area (Å²) in [5.74, 6) is -1.65. The number of Topliss-reactive ketones (excluding diaryl/α,β-unsaturated/α-hetero) is 1. The lowest BCUT2D eigenvalue weighted by molar-refractivity contribution is -0.137. The smallest absolute Gasteiger partial charge is 0.416 e. The molecule has 37 heavy (non-hydrogen) atoms. The molecule has 0 radical (unpaired) electrons. The second kappa shape index (κ2) is 9.90. The van der Waals surface area contributed by atoms with Crippen LogP contribution in [0.25, 0.3) is 22.2 Å². The van der Waals surface area contributed by atoms with Crippen molar-refractivity contribution in [2.75, 3.05) is 0 Å². The molecule has 0 aliphatic heterocycles. The average molecular weight is 537 g/mol. The predicted molar refractivity (Wildman–Crippen MR) is 123 cm³/mol. The highest BCUT2D eigenvalue weighted by Crippen LogP contribution is 2.36. The molecular weight excluding hydrogens is 518 g/mol. The molecule has 4 rings (SSSR count). The van der Waals surface area contributed by atoms with Crippen molar-refractivity contribution in [2.24, 2.45) is 0 Å². The van der Waals surface area contributed by atoms with Crippen LogP contribution in [-0.2, 0) is 27.4 Å². The van der Waals surface area contributed by atoms with Crippen LogP contribution in [0.3, 0.4) is 0 Å². The summed E-state index contributed by atoms with van der Waals surface area (Å²) in [5.41, 5.74) is -0.292. The van der Waals surface area contributed by atoms with E-state index in [9.17, 15) is 35.9 Å². The molecule has 4 aromatic rings. The van der Waals surface area contributed by atoms with Gasteiger partial charge in [0.1, 0.15) is 23.5 Å². The number of aryl methyl sites for hydroxylation is 1. The van der Waals surface area contributed by atoms with Gasteiger partial charge in [-0.1, -0.05) is 0 Å². The molecule has 0 spiro atoms. The summed E-state index contributed by atoms with van der Waals surface area (Å²) in [6.07, 6.45) is -3.52. The largest absolute Gasteiger partial charge is 0.507 e. The van der Waals surface area contributed by atoms with Crippen molar-refractivity contribution < 1.29 is 40.3 Å². The number of carbonyl (C=O) groups is 1. The highest BCUT2D eigenvalue weighted by molar-refractivity contribution is 7.89. The van der Waals surface area contributed by atoms with Crippen LogP contribution in [0, 0.1) is 5.82 Å². The number of benzene rings is 2. The number of sulfonamides is 1. The quantitative estimate of drug-likeness (QED) is 0.315. The minimum absolute atomic E-state index is 0.0508. The van der Waals surface area contributed by atoms with Crippen molar-refractivity contribution >= 4 is 26.8 Å². The molecule has 2 N–H and O–H groups in total. The van der Waals surface area contributed by atoms with Gasteiger partial charge in [0.25, 0.3) is 10.0 Å². The van der Waals surface area contributed by atoms with Crippen LogP contribution in [0.1, 0.15) is 24.6 Å². The summed E-state index contributed by atoms with van der Waals surface area (Å²) >= 11 is 0. The number of furan rings is 1. The summed E-state index contributed by atoms with van der Waals surface area (Å²) < 4.78 is 84.6. The van der Waals surface area contributed by atoms with Gasteiger partial charge in [0.05, 0.1) is 17.3 Å². The first-order valence-corrected chi connectivity index (χ1v) is 12.3. The lowest BCUT2D eigenvalue weighted by Crippen LogP contribution is -2.38. The third kappa shape index (κ3) is 5.94. The third-order valence-electron chi connectivity index (χ3n) is 5.49. The normalized spacial score (nSPS) is 13.1. The first-order valence-electron chi connectivity index (χ1n) is 10.8. The topological polar surface area (TPSA) is 122 Å². The van der Waals surface area contributed by atoms with Gasteiger partial charge in [-0.25, -0.2) is 22.8 Å². The second-order valence-corrected chi connectivity index (χ2v) is 9.83.